The number of imide groups is 1. The second-order valence-corrected chi connectivity index (χ2v) is 5.54. The van der Waals surface area contributed by atoms with Crippen molar-refractivity contribution in [2.45, 2.75) is 12.9 Å². The number of hydrogen-bond acceptors (Lipinski definition) is 4. The standard InChI is InChI=1S/C17H12F3N3O4/c18-17(19,20)27-11-4-2-10(3-5-11)22-16(26)21-8-9-1-6-12-13(7-9)15(25)23-14(12)24/h1-7H,8H2,(H2,21,22,26)(H,23,24,25). The monoisotopic (exact) mass is 379 g/mol. The summed E-state index contributed by atoms with van der Waals surface area (Å²) in [5, 5.41) is 7.16. The van der Waals surface area contributed by atoms with E-state index in [1.807, 2.05) is 0 Å². The molecule has 2 aromatic rings. The normalized spacial score (nSPS) is 13.0. The molecule has 0 radical (unpaired) electrons. The molecule has 0 bridgehead atoms. The molecule has 0 saturated heterocycles. The van der Waals surface area contributed by atoms with Crippen molar-refractivity contribution in [2.75, 3.05) is 5.32 Å². The highest BCUT2D eigenvalue weighted by Crippen LogP contribution is 2.24. The molecule has 0 aromatic heterocycles. The molecule has 0 atom stereocenters. The van der Waals surface area contributed by atoms with Gasteiger partial charge in [0.05, 0.1) is 11.1 Å². The predicted octanol–water partition coefficient (Wildman–Crippen LogP) is 2.79. The first-order valence-electron chi connectivity index (χ1n) is 7.60. The van der Waals surface area contributed by atoms with Crippen LogP contribution in [0, 0.1) is 0 Å². The van der Waals surface area contributed by atoms with Gasteiger partial charge >= 0.3 is 12.4 Å². The van der Waals surface area contributed by atoms with Crippen LogP contribution in [0.3, 0.4) is 0 Å². The molecule has 1 aliphatic rings. The molecule has 27 heavy (non-hydrogen) atoms. The van der Waals surface area contributed by atoms with Gasteiger partial charge in [0.2, 0.25) is 0 Å². The molecule has 0 spiro atoms. The lowest BCUT2D eigenvalue weighted by Gasteiger charge is -2.11. The van der Waals surface area contributed by atoms with Gasteiger partial charge in [-0.1, -0.05) is 6.07 Å². The summed E-state index contributed by atoms with van der Waals surface area (Å²) in [4.78, 5) is 35.0. The van der Waals surface area contributed by atoms with E-state index in [1.165, 1.54) is 24.3 Å². The summed E-state index contributed by atoms with van der Waals surface area (Å²) in [7, 11) is 0. The van der Waals surface area contributed by atoms with Gasteiger partial charge in [0.15, 0.2) is 0 Å². The third-order valence-electron chi connectivity index (χ3n) is 3.60. The van der Waals surface area contributed by atoms with Crippen LogP contribution in [0.5, 0.6) is 5.75 Å². The van der Waals surface area contributed by atoms with E-state index in [-0.39, 0.29) is 23.4 Å². The Morgan fingerprint density at radius 3 is 2.33 bits per heavy atom. The van der Waals surface area contributed by atoms with E-state index in [9.17, 15) is 27.6 Å². The van der Waals surface area contributed by atoms with Crippen LogP contribution in [0.4, 0.5) is 23.7 Å². The van der Waals surface area contributed by atoms with Crippen LogP contribution in [0.2, 0.25) is 0 Å². The molecular weight excluding hydrogens is 367 g/mol. The number of halogens is 3. The first-order chi connectivity index (χ1) is 12.7. The van der Waals surface area contributed by atoms with E-state index in [2.05, 4.69) is 20.7 Å². The molecule has 0 saturated carbocycles. The van der Waals surface area contributed by atoms with Crippen molar-refractivity contribution < 1.29 is 32.3 Å². The number of alkyl halides is 3. The van der Waals surface area contributed by atoms with Crippen molar-refractivity contribution in [2.24, 2.45) is 0 Å². The Bertz CT molecular complexity index is 911. The molecule has 10 heteroatoms. The van der Waals surface area contributed by atoms with Crippen molar-refractivity contribution in [3.8, 4) is 5.75 Å². The molecule has 1 aliphatic heterocycles. The zero-order valence-electron chi connectivity index (χ0n) is 13.5. The molecule has 3 N–H and O–H groups in total. The maximum atomic E-state index is 12.1. The Hall–Kier alpha value is -3.56. The third kappa shape index (κ3) is 4.54. The van der Waals surface area contributed by atoms with Gasteiger partial charge < -0.3 is 15.4 Å². The summed E-state index contributed by atoms with van der Waals surface area (Å²) in [6, 6.07) is 8.64. The van der Waals surface area contributed by atoms with Crippen molar-refractivity contribution in [3.05, 3.63) is 59.2 Å². The topological polar surface area (TPSA) is 96.5 Å². The lowest BCUT2D eigenvalue weighted by Crippen LogP contribution is -2.28. The highest BCUT2D eigenvalue weighted by Gasteiger charge is 2.31. The molecule has 7 nitrogen and oxygen atoms in total. The number of rotatable bonds is 4. The van der Waals surface area contributed by atoms with E-state index in [0.29, 0.717) is 5.56 Å². The molecule has 3 rings (SSSR count). The summed E-state index contributed by atoms with van der Waals surface area (Å²) in [5.41, 5.74) is 1.37. The zero-order chi connectivity index (χ0) is 19.6. The zero-order valence-corrected chi connectivity index (χ0v) is 13.5. The van der Waals surface area contributed by atoms with Crippen molar-refractivity contribution >= 4 is 23.5 Å². The third-order valence-corrected chi connectivity index (χ3v) is 3.60. The summed E-state index contributed by atoms with van der Waals surface area (Å²) < 4.78 is 40.0. The predicted molar refractivity (Wildman–Crippen MR) is 87.2 cm³/mol. The van der Waals surface area contributed by atoms with Crippen LogP contribution in [0.15, 0.2) is 42.5 Å². The molecular formula is C17H12F3N3O4. The minimum Gasteiger partial charge on any atom is -0.406 e. The van der Waals surface area contributed by atoms with Crippen LogP contribution in [0.1, 0.15) is 26.3 Å². The largest absolute Gasteiger partial charge is 0.573 e. The summed E-state index contributed by atoms with van der Waals surface area (Å²) in [6.45, 7) is 0.0792. The lowest BCUT2D eigenvalue weighted by molar-refractivity contribution is -0.274. The van der Waals surface area contributed by atoms with E-state index >= 15 is 0 Å². The van der Waals surface area contributed by atoms with Crippen LogP contribution >= 0.6 is 0 Å². The fourth-order valence-corrected chi connectivity index (χ4v) is 2.42. The average molecular weight is 379 g/mol. The second kappa shape index (κ2) is 6.98. The number of fused-ring (bicyclic) bond motifs is 1. The SMILES string of the molecule is O=C(NCc1ccc2c(c1)C(=O)NC2=O)Nc1ccc(OC(F)(F)F)cc1. The number of nitrogens with one attached hydrogen (secondary N) is 3. The van der Waals surface area contributed by atoms with E-state index in [0.717, 1.165) is 12.1 Å². The number of ether oxygens (including phenoxy) is 1. The van der Waals surface area contributed by atoms with E-state index in [1.54, 1.807) is 6.07 Å². The van der Waals surface area contributed by atoms with Crippen LogP contribution < -0.4 is 20.7 Å². The molecule has 0 aliphatic carbocycles. The Morgan fingerprint density at radius 2 is 1.67 bits per heavy atom. The summed E-state index contributed by atoms with van der Waals surface area (Å²) >= 11 is 0. The first-order valence-corrected chi connectivity index (χ1v) is 7.60. The van der Waals surface area contributed by atoms with Gasteiger partial charge in [-0.3, -0.25) is 14.9 Å². The van der Waals surface area contributed by atoms with Crippen molar-refractivity contribution in [3.63, 3.8) is 0 Å². The number of hydrogen-bond donors (Lipinski definition) is 3. The van der Waals surface area contributed by atoms with Gasteiger partial charge in [0.1, 0.15) is 5.75 Å². The maximum Gasteiger partial charge on any atom is 0.573 e. The highest BCUT2D eigenvalue weighted by molar-refractivity contribution is 6.21. The number of urea groups is 1. The highest BCUT2D eigenvalue weighted by atomic mass is 19.4. The van der Waals surface area contributed by atoms with Gasteiger partial charge in [-0.05, 0) is 42.0 Å². The maximum absolute atomic E-state index is 12.1. The van der Waals surface area contributed by atoms with Gasteiger partial charge in [-0.25, -0.2) is 4.79 Å². The van der Waals surface area contributed by atoms with Crippen molar-refractivity contribution in [1.82, 2.24) is 10.6 Å². The lowest BCUT2D eigenvalue weighted by atomic mass is 10.1. The van der Waals surface area contributed by atoms with Gasteiger partial charge in [0, 0.05) is 12.2 Å². The van der Waals surface area contributed by atoms with Crippen LogP contribution in [-0.2, 0) is 6.54 Å². The average Bonchev–Trinajstić information content (AvgIpc) is 2.87. The second-order valence-electron chi connectivity index (χ2n) is 5.54. The van der Waals surface area contributed by atoms with Gasteiger partial charge in [-0.15, -0.1) is 13.2 Å². The number of benzene rings is 2. The molecule has 0 fully saturated rings. The molecule has 2 aromatic carbocycles. The minimum absolute atomic E-state index is 0.0792. The van der Waals surface area contributed by atoms with Gasteiger partial charge in [0.25, 0.3) is 11.8 Å². The Morgan fingerprint density at radius 1 is 1.00 bits per heavy atom. The first kappa shape index (κ1) is 18.2. The summed E-state index contributed by atoms with van der Waals surface area (Å²) in [5.74, 6) is -1.37. The van der Waals surface area contributed by atoms with Crippen LogP contribution in [-0.4, -0.2) is 24.2 Å². The molecule has 4 amide bonds. The fourth-order valence-electron chi connectivity index (χ4n) is 2.42. The van der Waals surface area contributed by atoms with E-state index < -0.39 is 30.0 Å². The van der Waals surface area contributed by atoms with Gasteiger partial charge in [-0.2, -0.15) is 0 Å². The quantitative estimate of drug-likeness (QED) is 0.712. The number of carbonyl (C=O) groups is 3. The number of amides is 4. The Labute approximate surface area is 150 Å². The Kier molecular flexibility index (Phi) is 4.72. The molecule has 1 heterocycles. The Balaban J connectivity index is 1.55. The van der Waals surface area contributed by atoms with E-state index in [4.69, 9.17) is 0 Å². The molecule has 140 valence electrons. The summed E-state index contributed by atoms with van der Waals surface area (Å²) in [6.07, 6.45) is -4.79. The fraction of sp³-hybridized carbons (Fsp3) is 0.118. The molecule has 0 unspecified atom stereocenters. The van der Waals surface area contributed by atoms with Crippen molar-refractivity contribution in [1.29, 1.82) is 0 Å². The number of carbonyl (C=O) groups excluding carboxylic acids is 3. The smallest absolute Gasteiger partial charge is 0.406 e. The number of anilines is 1. The minimum atomic E-state index is -4.79. The van der Waals surface area contributed by atoms with Crippen LogP contribution in [0.25, 0.3) is 0 Å².